The Hall–Kier alpha value is -3.06. The highest BCUT2D eigenvalue weighted by atomic mass is 16.5. The molecular weight excluding hydrogens is 404 g/mol. The summed E-state index contributed by atoms with van der Waals surface area (Å²) in [6.45, 7) is 7.40. The fourth-order valence-corrected chi connectivity index (χ4v) is 3.09. The number of aryl methyl sites for hydroxylation is 1. The molecule has 0 aromatic heterocycles. The van der Waals surface area contributed by atoms with Crippen LogP contribution in [0.15, 0.2) is 53.5 Å². The number of ether oxygens (including phenoxy) is 2. The van der Waals surface area contributed by atoms with Gasteiger partial charge in [-0.05, 0) is 31.0 Å². The minimum absolute atomic E-state index is 0.0876. The lowest BCUT2D eigenvalue weighted by molar-refractivity contribution is -0.130. The standard InChI is InChI=1S/C25H36N4O3/c1-5-26-25(27-14-13-24(30)29(3)19-21-9-7-6-8-10-21)28-18-22-12-11-20(2)17-23(22)32-16-15-31-4/h6-12,17H,5,13-16,18-19H2,1-4H3,(H2,26,27,28). The van der Waals surface area contributed by atoms with Crippen LogP contribution in [0.1, 0.15) is 30.0 Å². The van der Waals surface area contributed by atoms with E-state index in [9.17, 15) is 4.79 Å². The molecule has 0 aliphatic carbocycles. The van der Waals surface area contributed by atoms with Gasteiger partial charge in [0, 0.05) is 45.8 Å². The average molecular weight is 441 g/mol. The number of benzene rings is 2. The summed E-state index contributed by atoms with van der Waals surface area (Å²) in [6, 6.07) is 16.1. The smallest absolute Gasteiger partial charge is 0.224 e. The molecule has 0 fully saturated rings. The van der Waals surface area contributed by atoms with Crippen molar-refractivity contribution in [2.45, 2.75) is 33.4 Å². The first-order valence-corrected chi connectivity index (χ1v) is 11.0. The number of nitrogens with zero attached hydrogens (tertiary/aromatic N) is 2. The first-order chi connectivity index (χ1) is 15.5. The maximum Gasteiger partial charge on any atom is 0.224 e. The zero-order valence-corrected chi connectivity index (χ0v) is 19.7. The van der Waals surface area contributed by atoms with E-state index in [4.69, 9.17) is 9.47 Å². The van der Waals surface area contributed by atoms with Crippen LogP contribution in [-0.2, 0) is 22.6 Å². The van der Waals surface area contributed by atoms with Crippen LogP contribution in [0.25, 0.3) is 0 Å². The molecule has 7 heteroatoms. The third kappa shape index (κ3) is 8.98. The molecule has 0 saturated heterocycles. The van der Waals surface area contributed by atoms with E-state index >= 15 is 0 Å². The van der Waals surface area contributed by atoms with E-state index in [2.05, 4.69) is 21.7 Å². The van der Waals surface area contributed by atoms with Crippen LogP contribution in [0.2, 0.25) is 0 Å². The van der Waals surface area contributed by atoms with Crippen molar-refractivity contribution >= 4 is 11.9 Å². The number of rotatable bonds is 12. The Morgan fingerprint density at radius 1 is 1.09 bits per heavy atom. The second kappa shape index (κ2) is 14.1. The minimum Gasteiger partial charge on any atom is -0.491 e. The van der Waals surface area contributed by atoms with Gasteiger partial charge >= 0.3 is 0 Å². The van der Waals surface area contributed by atoms with E-state index in [1.165, 1.54) is 0 Å². The number of amides is 1. The molecule has 2 aromatic carbocycles. The highest BCUT2D eigenvalue weighted by Gasteiger charge is 2.10. The van der Waals surface area contributed by atoms with Crippen molar-refractivity contribution in [2.24, 2.45) is 4.99 Å². The fraction of sp³-hybridized carbons (Fsp3) is 0.440. The van der Waals surface area contributed by atoms with Crippen molar-refractivity contribution in [1.29, 1.82) is 0 Å². The van der Waals surface area contributed by atoms with Gasteiger partial charge in [0.1, 0.15) is 12.4 Å². The Balaban J connectivity index is 1.89. The number of guanidine groups is 1. The summed E-state index contributed by atoms with van der Waals surface area (Å²) in [5, 5.41) is 6.49. The van der Waals surface area contributed by atoms with Gasteiger partial charge in [0.05, 0.1) is 13.2 Å². The molecule has 0 aliphatic rings. The highest BCUT2D eigenvalue weighted by Crippen LogP contribution is 2.21. The van der Waals surface area contributed by atoms with Crippen molar-refractivity contribution in [2.75, 3.05) is 40.5 Å². The quantitative estimate of drug-likeness (QED) is 0.301. The molecular formula is C25H36N4O3. The molecule has 32 heavy (non-hydrogen) atoms. The summed E-state index contributed by atoms with van der Waals surface area (Å²) >= 11 is 0. The molecule has 2 N–H and O–H groups in total. The molecule has 0 bridgehead atoms. The van der Waals surface area contributed by atoms with Crippen molar-refractivity contribution in [1.82, 2.24) is 15.5 Å². The fourth-order valence-electron chi connectivity index (χ4n) is 3.09. The number of carbonyl (C=O) groups excluding carboxylic acids is 1. The van der Waals surface area contributed by atoms with E-state index < -0.39 is 0 Å². The second-order valence-electron chi connectivity index (χ2n) is 7.56. The number of hydrogen-bond donors (Lipinski definition) is 2. The monoisotopic (exact) mass is 440 g/mol. The van der Waals surface area contributed by atoms with Crippen LogP contribution >= 0.6 is 0 Å². The van der Waals surface area contributed by atoms with E-state index in [0.717, 1.165) is 29.0 Å². The third-order valence-electron chi connectivity index (χ3n) is 4.84. The van der Waals surface area contributed by atoms with Crippen molar-refractivity contribution in [3.05, 3.63) is 65.2 Å². The molecule has 1 amide bonds. The highest BCUT2D eigenvalue weighted by molar-refractivity contribution is 5.81. The van der Waals surface area contributed by atoms with Gasteiger partial charge in [0.25, 0.3) is 0 Å². The van der Waals surface area contributed by atoms with Gasteiger partial charge in [0.15, 0.2) is 5.96 Å². The lowest BCUT2D eigenvalue weighted by Gasteiger charge is -2.18. The van der Waals surface area contributed by atoms with Gasteiger partial charge in [0.2, 0.25) is 5.91 Å². The Morgan fingerprint density at radius 3 is 2.59 bits per heavy atom. The third-order valence-corrected chi connectivity index (χ3v) is 4.84. The maximum absolute atomic E-state index is 12.5. The predicted molar refractivity (Wildman–Crippen MR) is 129 cm³/mol. The molecule has 0 heterocycles. The SMILES string of the molecule is CCNC(=NCc1ccc(C)cc1OCCOC)NCCC(=O)N(C)Cc1ccccc1. The molecule has 7 nitrogen and oxygen atoms in total. The molecule has 0 unspecified atom stereocenters. The van der Waals surface area contributed by atoms with Crippen LogP contribution in [0.4, 0.5) is 0 Å². The van der Waals surface area contributed by atoms with Crippen molar-refractivity contribution < 1.29 is 14.3 Å². The van der Waals surface area contributed by atoms with Crippen LogP contribution in [0.5, 0.6) is 5.75 Å². The van der Waals surface area contributed by atoms with Crippen LogP contribution in [-0.4, -0.2) is 57.2 Å². The summed E-state index contributed by atoms with van der Waals surface area (Å²) in [5.74, 6) is 1.58. The van der Waals surface area contributed by atoms with Gasteiger partial charge in [-0.3, -0.25) is 4.79 Å². The summed E-state index contributed by atoms with van der Waals surface area (Å²) in [6.07, 6.45) is 0.393. The Labute approximate surface area is 191 Å². The number of aliphatic imine (C=N–C) groups is 1. The first-order valence-electron chi connectivity index (χ1n) is 11.0. The summed E-state index contributed by atoms with van der Waals surface area (Å²) in [7, 11) is 3.49. The second-order valence-corrected chi connectivity index (χ2v) is 7.56. The normalized spacial score (nSPS) is 11.2. The molecule has 0 radical (unpaired) electrons. The van der Waals surface area contributed by atoms with Gasteiger partial charge in [-0.1, -0.05) is 42.5 Å². The summed E-state index contributed by atoms with van der Waals surface area (Å²) in [4.78, 5) is 18.9. The Kier molecular flexibility index (Phi) is 11.1. The molecule has 0 spiro atoms. The topological polar surface area (TPSA) is 75.2 Å². The lowest BCUT2D eigenvalue weighted by Crippen LogP contribution is -2.39. The van der Waals surface area contributed by atoms with Crippen LogP contribution in [0, 0.1) is 6.92 Å². The number of methoxy groups -OCH3 is 1. The molecule has 0 aliphatic heterocycles. The number of carbonyl (C=O) groups is 1. The lowest BCUT2D eigenvalue weighted by atomic mass is 10.1. The molecule has 0 atom stereocenters. The van der Waals surface area contributed by atoms with E-state index in [1.807, 2.05) is 63.4 Å². The Bertz CT molecular complexity index is 856. The first kappa shape index (κ1) is 25.2. The maximum atomic E-state index is 12.5. The van der Waals surface area contributed by atoms with E-state index in [-0.39, 0.29) is 5.91 Å². The van der Waals surface area contributed by atoms with Crippen LogP contribution in [0.3, 0.4) is 0 Å². The van der Waals surface area contributed by atoms with Gasteiger partial charge < -0.3 is 25.0 Å². The predicted octanol–water partition coefficient (Wildman–Crippen LogP) is 3.12. The zero-order chi connectivity index (χ0) is 23.2. The largest absolute Gasteiger partial charge is 0.491 e. The number of nitrogens with one attached hydrogen (secondary N) is 2. The van der Waals surface area contributed by atoms with Crippen LogP contribution < -0.4 is 15.4 Å². The van der Waals surface area contributed by atoms with Gasteiger partial charge in [-0.15, -0.1) is 0 Å². The van der Waals surface area contributed by atoms with E-state index in [1.54, 1.807) is 12.0 Å². The van der Waals surface area contributed by atoms with Gasteiger partial charge in [-0.25, -0.2) is 4.99 Å². The minimum atomic E-state index is 0.0876. The summed E-state index contributed by atoms with van der Waals surface area (Å²) in [5.41, 5.74) is 3.25. The molecule has 2 aromatic rings. The van der Waals surface area contributed by atoms with Crippen molar-refractivity contribution in [3.8, 4) is 5.75 Å². The number of hydrogen-bond acceptors (Lipinski definition) is 4. The summed E-state index contributed by atoms with van der Waals surface area (Å²) < 4.78 is 10.9. The van der Waals surface area contributed by atoms with E-state index in [0.29, 0.717) is 45.2 Å². The molecule has 0 saturated carbocycles. The van der Waals surface area contributed by atoms with Gasteiger partial charge in [-0.2, -0.15) is 0 Å². The average Bonchev–Trinajstić information content (AvgIpc) is 2.79. The zero-order valence-electron chi connectivity index (χ0n) is 19.7. The Morgan fingerprint density at radius 2 is 1.88 bits per heavy atom. The van der Waals surface area contributed by atoms with Crippen molar-refractivity contribution in [3.63, 3.8) is 0 Å². The molecule has 174 valence electrons. The molecule has 2 rings (SSSR count).